The Bertz CT molecular complexity index is 958. The van der Waals surface area contributed by atoms with Gasteiger partial charge in [0.2, 0.25) is 5.91 Å². The highest BCUT2D eigenvalue weighted by molar-refractivity contribution is 5.89. The van der Waals surface area contributed by atoms with Crippen LogP contribution in [0.15, 0.2) is 24.4 Å². The molecule has 0 radical (unpaired) electrons. The fourth-order valence-electron chi connectivity index (χ4n) is 3.50. The van der Waals surface area contributed by atoms with Crippen molar-refractivity contribution in [1.82, 2.24) is 4.98 Å². The van der Waals surface area contributed by atoms with Crippen molar-refractivity contribution in [2.24, 2.45) is 11.7 Å². The molecular formula is C22H27N3O5. The predicted molar refractivity (Wildman–Crippen MR) is 112 cm³/mol. The Hall–Kier alpha value is -3.29. The van der Waals surface area contributed by atoms with Crippen LogP contribution in [0.25, 0.3) is 11.1 Å². The first-order chi connectivity index (χ1) is 14.2. The summed E-state index contributed by atoms with van der Waals surface area (Å²) in [5.74, 6) is 2.01. The Kier molecular flexibility index (Phi) is 6.44. The number of pyridine rings is 1. The zero-order valence-corrected chi connectivity index (χ0v) is 17.7. The van der Waals surface area contributed by atoms with Crippen molar-refractivity contribution in [3.8, 4) is 22.6 Å². The van der Waals surface area contributed by atoms with Crippen LogP contribution in [0.2, 0.25) is 0 Å². The molecule has 2 amide bonds. The lowest BCUT2D eigenvalue weighted by atomic mass is 9.96. The summed E-state index contributed by atoms with van der Waals surface area (Å²) in [5, 5.41) is 2.71. The van der Waals surface area contributed by atoms with E-state index >= 15 is 0 Å². The molecule has 30 heavy (non-hydrogen) atoms. The summed E-state index contributed by atoms with van der Waals surface area (Å²) in [6, 6.07) is 5.62. The first-order valence-electron chi connectivity index (χ1n) is 9.86. The van der Waals surface area contributed by atoms with Gasteiger partial charge in [-0.25, -0.2) is 9.78 Å². The molecule has 0 spiro atoms. The average molecular weight is 413 g/mol. The van der Waals surface area contributed by atoms with Gasteiger partial charge in [0.1, 0.15) is 36.6 Å². The summed E-state index contributed by atoms with van der Waals surface area (Å²) >= 11 is 0. The molecule has 1 aromatic carbocycles. The third-order valence-corrected chi connectivity index (χ3v) is 4.75. The van der Waals surface area contributed by atoms with Gasteiger partial charge in [-0.2, -0.15) is 0 Å². The van der Waals surface area contributed by atoms with E-state index in [4.69, 9.17) is 19.9 Å². The van der Waals surface area contributed by atoms with Crippen molar-refractivity contribution in [2.75, 3.05) is 11.9 Å². The van der Waals surface area contributed by atoms with Gasteiger partial charge in [0.15, 0.2) is 0 Å². The van der Waals surface area contributed by atoms with Crippen molar-refractivity contribution < 1.29 is 23.8 Å². The molecular weight excluding hydrogens is 386 g/mol. The van der Waals surface area contributed by atoms with Crippen LogP contribution in [0, 0.1) is 12.8 Å². The van der Waals surface area contributed by atoms with E-state index < -0.39 is 12.2 Å². The summed E-state index contributed by atoms with van der Waals surface area (Å²) in [6.07, 6.45) is 1.12. The molecule has 2 aromatic rings. The van der Waals surface area contributed by atoms with E-state index in [0.29, 0.717) is 30.5 Å². The molecule has 3 rings (SSSR count). The highest BCUT2D eigenvalue weighted by Gasteiger charge is 2.23. The highest BCUT2D eigenvalue weighted by Crippen LogP contribution is 2.43. The Morgan fingerprint density at radius 2 is 2.07 bits per heavy atom. The average Bonchev–Trinajstić information content (AvgIpc) is 2.65. The molecule has 0 fully saturated rings. The zero-order valence-electron chi connectivity index (χ0n) is 17.7. The first kappa shape index (κ1) is 21.4. The quantitative estimate of drug-likeness (QED) is 0.714. The van der Waals surface area contributed by atoms with Gasteiger partial charge in [-0.15, -0.1) is 0 Å². The maximum absolute atomic E-state index is 11.4. The fourth-order valence-corrected chi connectivity index (χ4v) is 3.50. The van der Waals surface area contributed by atoms with Gasteiger partial charge in [0.05, 0.1) is 0 Å². The third-order valence-electron chi connectivity index (χ3n) is 4.75. The smallest absolute Gasteiger partial charge is 0.404 e. The van der Waals surface area contributed by atoms with E-state index in [-0.39, 0.29) is 12.5 Å². The van der Waals surface area contributed by atoms with Crippen LogP contribution in [0.3, 0.4) is 0 Å². The molecule has 0 aliphatic carbocycles. The minimum Gasteiger partial charge on any atom is -0.489 e. The van der Waals surface area contributed by atoms with Crippen molar-refractivity contribution in [3.63, 3.8) is 0 Å². The normalized spacial score (nSPS) is 13.0. The number of carbonyl (C=O) groups is 2. The molecule has 1 unspecified atom stereocenters. The molecule has 0 saturated carbocycles. The summed E-state index contributed by atoms with van der Waals surface area (Å²) in [4.78, 5) is 26.8. The number of amides is 2. The number of benzene rings is 1. The second kappa shape index (κ2) is 9.02. The molecule has 0 bridgehead atoms. The topological polar surface area (TPSA) is 113 Å². The lowest BCUT2D eigenvalue weighted by Gasteiger charge is -2.25. The monoisotopic (exact) mass is 413 g/mol. The molecule has 160 valence electrons. The summed E-state index contributed by atoms with van der Waals surface area (Å²) in [6.45, 7) is 8.02. The third kappa shape index (κ3) is 5.00. The second-order valence-corrected chi connectivity index (χ2v) is 7.76. The zero-order chi connectivity index (χ0) is 21.8. The summed E-state index contributed by atoms with van der Waals surface area (Å²) in [7, 11) is 0. The van der Waals surface area contributed by atoms with E-state index in [9.17, 15) is 9.59 Å². The number of nitrogens with two attached hydrogens (primary N) is 1. The number of rotatable bonds is 7. The van der Waals surface area contributed by atoms with Crippen LogP contribution in [-0.4, -0.2) is 29.7 Å². The van der Waals surface area contributed by atoms with Crippen LogP contribution in [-0.2, 0) is 16.1 Å². The molecule has 8 nitrogen and oxygen atoms in total. The van der Waals surface area contributed by atoms with Gasteiger partial charge in [-0.1, -0.05) is 13.8 Å². The predicted octanol–water partition coefficient (Wildman–Crippen LogP) is 3.80. The van der Waals surface area contributed by atoms with Gasteiger partial charge < -0.3 is 25.3 Å². The van der Waals surface area contributed by atoms with Crippen molar-refractivity contribution in [1.29, 1.82) is 0 Å². The van der Waals surface area contributed by atoms with E-state index in [1.54, 1.807) is 6.20 Å². The van der Waals surface area contributed by atoms with Crippen LogP contribution in [0.5, 0.6) is 11.5 Å². The van der Waals surface area contributed by atoms with E-state index in [1.807, 2.05) is 39.0 Å². The van der Waals surface area contributed by atoms with Gasteiger partial charge in [0.25, 0.3) is 0 Å². The maximum atomic E-state index is 11.4. The van der Waals surface area contributed by atoms with E-state index in [1.165, 1.54) is 6.92 Å². The Morgan fingerprint density at radius 3 is 2.73 bits per heavy atom. The molecule has 1 aliphatic rings. The van der Waals surface area contributed by atoms with Gasteiger partial charge in [-0.3, -0.25) is 4.79 Å². The van der Waals surface area contributed by atoms with Crippen molar-refractivity contribution >= 4 is 17.8 Å². The van der Waals surface area contributed by atoms with Gasteiger partial charge >= 0.3 is 6.09 Å². The number of carbonyl (C=O) groups excluding carboxylic acids is 2. The number of anilines is 1. The summed E-state index contributed by atoms with van der Waals surface area (Å²) in [5.41, 5.74) is 8.83. The number of nitrogens with one attached hydrogen (secondary N) is 1. The molecule has 2 heterocycles. The first-order valence-corrected chi connectivity index (χ1v) is 9.86. The van der Waals surface area contributed by atoms with Crippen molar-refractivity contribution in [3.05, 3.63) is 35.5 Å². The van der Waals surface area contributed by atoms with Crippen LogP contribution in [0.4, 0.5) is 10.6 Å². The van der Waals surface area contributed by atoms with Crippen LogP contribution >= 0.6 is 0 Å². The van der Waals surface area contributed by atoms with Gasteiger partial charge in [-0.05, 0) is 43.0 Å². The van der Waals surface area contributed by atoms with E-state index in [0.717, 1.165) is 28.0 Å². The fraction of sp³-hybridized carbons (Fsp3) is 0.409. The SMILES string of the molecule is CC(=O)Nc1cc2c(cn1)COc1c-2ccc(OCC(CC(C)C)OC(N)=O)c1C. The Morgan fingerprint density at radius 1 is 1.30 bits per heavy atom. The number of nitrogens with zero attached hydrogens (tertiary/aromatic N) is 1. The number of primary amides is 1. The molecule has 1 aliphatic heterocycles. The lowest BCUT2D eigenvalue weighted by Crippen LogP contribution is -2.29. The van der Waals surface area contributed by atoms with Crippen LogP contribution < -0.4 is 20.5 Å². The molecule has 1 aromatic heterocycles. The molecule has 0 saturated heterocycles. The molecule has 3 N–H and O–H groups in total. The van der Waals surface area contributed by atoms with Gasteiger partial charge in [0, 0.05) is 29.8 Å². The van der Waals surface area contributed by atoms with Crippen LogP contribution in [0.1, 0.15) is 38.3 Å². The van der Waals surface area contributed by atoms with E-state index in [2.05, 4.69) is 10.3 Å². The maximum Gasteiger partial charge on any atom is 0.404 e. The second-order valence-electron chi connectivity index (χ2n) is 7.76. The summed E-state index contributed by atoms with van der Waals surface area (Å²) < 4.78 is 17.1. The highest BCUT2D eigenvalue weighted by atomic mass is 16.6. The lowest BCUT2D eigenvalue weighted by molar-refractivity contribution is -0.114. The number of hydrogen-bond acceptors (Lipinski definition) is 6. The van der Waals surface area contributed by atoms with Crippen molar-refractivity contribution in [2.45, 2.75) is 46.8 Å². The largest absolute Gasteiger partial charge is 0.489 e. The number of ether oxygens (including phenoxy) is 3. The Balaban J connectivity index is 1.83. The standard InChI is InChI=1S/C22H27N3O5/c1-12(2)7-16(30-22(23)27)11-28-19-6-5-17-18-8-20(25-14(4)26)24-9-15(18)10-29-21(17)13(19)3/h5-6,8-9,12,16H,7,10-11H2,1-4H3,(H2,23,27)(H,24,25,26). The minimum absolute atomic E-state index is 0.177. The Labute approximate surface area is 175 Å². The molecule has 8 heteroatoms. The molecule has 1 atom stereocenters. The number of fused-ring (bicyclic) bond motifs is 3. The number of aromatic nitrogens is 1. The number of hydrogen-bond donors (Lipinski definition) is 2. The minimum atomic E-state index is -0.810.